The maximum atomic E-state index is 12.5. The monoisotopic (exact) mass is 416 g/mol. The summed E-state index contributed by atoms with van der Waals surface area (Å²) in [7, 11) is 0. The van der Waals surface area contributed by atoms with Crippen molar-refractivity contribution in [3.63, 3.8) is 0 Å². The Labute approximate surface area is 175 Å². The van der Waals surface area contributed by atoms with E-state index >= 15 is 0 Å². The van der Waals surface area contributed by atoms with Gasteiger partial charge in [-0.1, -0.05) is 6.92 Å². The summed E-state index contributed by atoms with van der Waals surface area (Å²) in [4.78, 5) is 26.2. The number of nitrogens with one attached hydrogen (secondary N) is 2. The number of carbonyl (C=O) groups excluding carboxylic acids is 2. The van der Waals surface area contributed by atoms with Crippen molar-refractivity contribution in [2.75, 3.05) is 30.4 Å². The molecule has 1 aromatic heterocycles. The Morgan fingerprint density at radius 2 is 1.86 bits per heavy atom. The predicted molar refractivity (Wildman–Crippen MR) is 116 cm³/mol. The molecule has 156 valence electrons. The van der Waals surface area contributed by atoms with E-state index in [4.69, 9.17) is 9.47 Å². The highest BCUT2D eigenvalue weighted by molar-refractivity contribution is 7.17. The molecule has 29 heavy (non-hydrogen) atoms. The lowest BCUT2D eigenvalue weighted by molar-refractivity contribution is -0.114. The molecule has 0 spiro atoms. The van der Waals surface area contributed by atoms with Gasteiger partial charge in [0.1, 0.15) is 10.8 Å². The molecule has 0 saturated heterocycles. The molecular weight excluding hydrogens is 388 g/mol. The fraction of sp³-hybridized carbons (Fsp3) is 0.455. The maximum absolute atomic E-state index is 12.5. The number of anilines is 2. The molecule has 3 rings (SSSR count). The van der Waals surface area contributed by atoms with Crippen molar-refractivity contribution in [3.8, 4) is 5.75 Å². The van der Waals surface area contributed by atoms with Crippen molar-refractivity contribution in [3.05, 3.63) is 40.3 Å². The first kappa shape index (κ1) is 21.2. The van der Waals surface area contributed by atoms with E-state index in [9.17, 15) is 9.59 Å². The van der Waals surface area contributed by atoms with Crippen LogP contribution in [0.2, 0.25) is 0 Å². The zero-order valence-electron chi connectivity index (χ0n) is 17.0. The van der Waals surface area contributed by atoms with Crippen LogP contribution in [0.3, 0.4) is 0 Å². The van der Waals surface area contributed by atoms with E-state index in [1.54, 1.807) is 6.92 Å². The van der Waals surface area contributed by atoms with Crippen LogP contribution < -0.4 is 15.4 Å². The third-order valence-electron chi connectivity index (χ3n) is 4.68. The number of amides is 1. The van der Waals surface area contributed by atoms with Crippen LogP contribution in [0.1, 0.15) is 53.9 Å². The van der Waals surface area contributed by atoms with Gasteiger partial charge in [0.05, 0.1) is 25.3 Å². The number of ether oxygens (including phenoxy) is 2. The smallest absolute Gasteiger partial charge is 0.341 e. The Bertz CT molecular complexity index is 845. The van der Waals surface area contributed by atoms with Crippen molar-refractivity contribution in [2.45, 2.75) is 46.0 Å². The molecule has 0 fully saturated rings. The average Bonchev–Trinajstić information content (AvgIpc) is 3.09. The molecule has 0 atom stereocenters. The molecular formula is C22H28N2O4S. The number of rotatable bonds is 9. The van der Waals surface area contributed by atoms with E-state index < -0.39 is 0 Å². The number of esters is 1. The fourth-order valence-corrected chi connectivity index (χ4v) is 4.61. The molecule has 0 aliphatic heterocycles. The molecule has 2 aromatic rings. The number of benzene rings is 1. The first-order valence-electron chi connectivity index (χ1n) is 10.2. The van der Waals surface area contributed by atoms with Gasteiger partial charge in [0.15, 0.2) is 0 Å². The van der Waals surface area contributed by atoms with Crippen molar-refractivity contribution >= 4 is 33.9 Å². The zero-order chi connectivity index (χ0) is 20.6. The summed E-state index contributed by atoms with van der Waals surface area (Å²) >= 11 is 1.50. The van der Waals surface area contributed by atoms with E-state index in [1.807, 2.05) is 24.3 Å². The van der Waals surface area contributed by atoms with E-state index in [2.05, 4.69) is 17.6 Å². The van der Waals surface area contributed by atoms with Crippen molar-refractivity contribution in [2.24, 2.45) is 0 Å². The molecule has 1 heterocycles. The van der Waals surface area contributed by atoms with Gasteiger partial charge in [0, 0.05) is 10.6 Å². The summed E-state index contributed by atoms with van der Waals surface area (Å²) < 4.78 is 10.8. The Morgan fingerprint density at radius 1 is 1.10 bits per heavy atom. The minimum atomic E-state index is -0.349. The summed E-state index contributed by atoms with van der Waals surface area (Å²) in [6.07, 6.45) is 4.94. The molecule has 0 bridgehead atoms. The second-order valence-corrected chi connectivity index (χ2v) is 8.02. The Kier molecular flexibility index (Phi) is 7.52. The van der Waals surface area contributed by atoms with Crippen LogP contribution in [-0.2, 0) is 22.4 Å². The number of hydrogen-bond acceptors (Lipinski definition) is 6. The van der Waals surface area contributed by atoms with Crippen LogP contribution in [-0.4, -0.2) is 31.6 Å². The lowest BCUT2D eigenvalue weighted by Crippen LogP contribution is -2.22. The molecule has 2 N–H and O–H groups in total. The van der Waals surface area contributed by atoms with Gasteiger partial charge in [-0.25, -0.2) is 4.79 Å². The highest BCUT2D eigenvalue weighted by Gasteiger charge is 2.27. The summed E-state index contributed by atoms with van der Waals surface area (Å²) in [5.41, 5.74) is 2.42. The average molecular weight is 417 g/mol. The molecule has 0 radical (unpaired) electrons. The fourth-order valence-electron chi connectivity index (χ4n) is 3.32. The lowest BCUT2D eigenvalue weighted by Gasteiger charge is -2.12. The highest BCUT2D eigenvalue weighted by Crippen LogP contribution is 2.38. The van der Waals surface area contributed by atoms with Gasteiger partial charge < -0.3 is 20.1 Å². The van der Waals surface area contributed by atoms with Gasteiger partial charge >= 0.3 is 5.97 Å². The summed E-state index contributed by atoms with van der Waals surface area (Å²) in [5.74, 6) is 0.267. The van der Waals surface area contributed by atoms with Crippen LogP contribution in [0, 0.1) is 0 Å². The SMILES string of the molecule is CCCOc1ccc(NCC(=O)Nc2sc3c(c2C(=O)OCC)CCCC3)cc1. The lowest BCUT2D eigenvalue weighted by atomic mass is 9.95. The Hall–Kier alpha value is -2.54. The second kappa shape index (κ2) is 10.3. The number of hydrogen-bond donors (Lipinski definition) is 2. The first-order valence-corrected chi connectivity index (χ1v) is 11.0. The standard InChI is InChI=1S/C22H28N2O4S/c1-3-13-28-16-11-9-15(10-12-16)23-14-19(25)24-21-20(22(26)27-4-2)17-7-5-6-8-18(17)29-21/h9-12,23H,3-8,13-14H2,1-2H3,(H,24,25). The first-order chi connectivity index (χ1) is 14.1. The van der Waals surface area contributed by atoms with Gasteiger partial charge in [-0.2, -0.15) is 0 Å². The zero-order valence-corrected chi connectivity index (χ0v) is 17.8. The van der Waals surface area contributed by atoms with Crippen LogP contribution >= 0.6 is 11.3 Å². The van der Waals surface area contributed by atoms with Crippen molar-refractivity contribution in [1.82, 2.24) is 0 Å². The summed E-state index contributed by atoms with van der Waals surface area (Å²) in [6.45, 7) is 4.96. The van der Waals surface area contributed by atoms with Crippen LogP contribution in [0.25, 0.3) is 0 Å². The molecule has 1 aliphatic rings. The minimum Gasteiger partial charge on any atom is -0.494 e. The summed E-state index contributed by atoms with van der Waals surface area (Å²) in [6, 6.07) is 7.52. The molecule has 0 saturated carbocycles. The van der Waals surface area contributed by atoms with E-state index in [-0.39, 0.29) is 18.4 Å². The number of thiophene rings is 1. The van der Waals surface area contributed by atoms with Crippen LogP contribution in [0.5, 0.6) is 5.75 Å². The third-order valence-corrected chi connectivity index (χ3v) is 5.89. The van der Waals surface area contributed by atoms with E-state index in [1.165, 1.54) is 16.2 Å². The molecule has 1 aliphatic carbocycles. The normalized spacial score (nSPS) is 12.8. The van der Waals surface area contributed by atoms with Gasteiger partial charge in [-0.15, -0.1) is 11.3 Å². The Morgan fingerprint density at radius 3 is 2.59 bits per heavy atom. The van der Waals surface area contributed by atoms with Gasteiger partial charge in [0.25, 0.3) is 0 Å². The number of carbonyl (C=O) groups is 2. The second-order valence-electron chi connectivity index (χ2n) is 6.91. The van der Waals surface area contributed by atoms with Gasteiger partial charge in [0.2, 0.25) is 5.91 Å². The topological polar surface area (TPSA) is 76.7 Å². The Balaban J connectivity index is 1.63. The molecule has 0 unspecified atom stereocenters. The molecule has 1 amide bonds. The third kappa shape index (κ3) is 5.50. The number of aryl methyl sites for hydroxylation is 1. The van der Waals surface area contributed by atoms with Crippen molar-refractivity contribution < 1.29 is 19.1 Å². The molecule has 7 heteroatoms. The summed E-state index contributed by atoms with van der Waals surface area (Å²) in [5, 5.41) is 6.61. The van der Waals surface area contributed by atoms with Gasteiger partial charge in [-0.05, 0) is 68.9 Å². The van der Waals surface area contributed by atoms with Crippen LogP contribution in [0.4, 0.5) is 10.7 Å². The molecule has 6 nitrogen and oxygen atoms in total. The van der Waals surface area contributed by atoms with E-state index in [0.717, 1.165) is 49.1 Å². The van der Waals surface area contributed by atoms with Gasteiger partial charge in [-0.3, -0.25) is 4.79 Å². The number of fused-ring (bicyclic) bond motifs is 1. The molecule has 1 aromatic carbocycles. The minimum absolute atomic E-state index is 0.111. The van der Waals surface area contributed by atoms with Crippen molar-refractivity contribution in [1.29, 1.82) is 0 Å². The van der Waals surface area contributed by atoms with Crippen LogP contribution in [0.15, 0.2) is 24.3 Å². The van der Waals surface area contributed by atoms with E-state index in [0.29, 0.717) is 23.8 Å². The maximum Gasteiger partial charge on any atom is 0.341 e. The largest absolute Gasteiger partial charge is 0.494 e. The predicted octanol–water partition coefficient (Wildman–Crippen LogP) is 4.64. The quantitative estimate of drug-likeness (QED) is 0.582. The highest BCUT2D eigenvalue weighted by atomic mass is 32.1.